The Morgan fingerprint density at radius 3 is 2.55 bits per heavy atom. The number of halogens is 1. The number of carbonyl (C=O) groups excluding carboxylic acids is 1. The topological polar surface area (TPSA) is 62.5 Å². The van der Waals surface area contributed by atoms with Gasteiger partial charge >= 0.3 is 0 Å². The highest BCUT2D eigenvalue weighted by atomic mass is 32.2. The van der Waals surface area contributed by atoms with Crippen LogP contribution in [0.25, 0.3) is 11.5 Å². The summed E-state index contributed by atoms with van der Waals surface area (Å²) in [5.74, 6) is 0.466. The van der Waals surface area contributed by atoms with Gasteiger partial charge in [0.15, 0.2) is 0 Å². The molecule has 3 aromatic rings. The third-order valence-electron chi connectivity index (χ3n) is 4.93. The molecule has 0 unspecified atom stereocenters. The summed E-state index contributed by atoms with van der Waals surface area (Å²) < 4.78 is 19.6. The van der Waals surface area contributed by atoms with Crippen molar-refractivity contribution in [3.05, 3.63) is 59.9 Å². The summed E-state index contributed by atoms with van der Waals surface area (Å²) in [4.78, 5) is 16.3. The molecule has 150 valence electrons. The van der Waals surface area contributed by atoms with Crippen LogP contribution in [0.4, 0.5) is 10.1 Å². The van der Waals surface area contributed by atoms with E-state index in [0.717, 1.165) is 11.1 Å². The van der Waals surface area contributed by atoms with E-state index in [2.05, 4.69) is 10.2 Å². The van der Waals surface area contributed by atoms with E-state index in [1.165, 1.54) is 17.8 Å². The van der Waals surface area contributed by atoms with Crippen LogP contribution in [-0.2, 0) is 4.79 Å². The van der Waals surface area contributed by atoms with E-state index in [-0.39, 0.29) is 17.5 Å². The van der Waals surface area contributed by atoms with E-state index in [4.69, 9.17) is 4.42 Å². The quantitative estimate of drug-likeness (QED) is 0.597. The van der Waals surface area contributed by atoms with E-state index >= 15 is 0 Å². The van der Waals surface area contributed by atoms with Gasteiger partial charge in [-0.15, -0.1) is 10.2 Å². The highest BCUT2D eigenvalue weighted by molar-refractivity contribution is 7.99. The number of hydrogen-bond donors (Lipinski definition) is 0. The molecule has 0 aliphatic carbocycles. The van der Waals surface area contributed by atoms with Crippen molar-refractivity contribution in [1.82, 2.24) is 15.1 Å². The van der Waals surface area contributed by atoms with Crippen molar-refractivity contribution >= 4 is 23.4 Å². The van der Waals surface area contributed by atoms with Crippen LogP contribution in [0.2, 0.25) is 0 Å². The minimum atomic E-state index is -0.233. The van der Waals surface area contributed by atoms with Gasteiger partial charge in [-0.1, -0.05) is 42.1 Å². The number of amides is 1. The second kappa shape index (κ2) is 8.65. The van der Waals surface area contributed by atoms with Gasteiger partial charge < -0.3 is 14.2 Å². The summed E-state index contributed by atoms with van der Waals surface area (Å²) in [6, 6.07) is 14.5. The number of anilines is 1. The number of aryl methyl sites for hydroxylation is 1. The number of piperazine rings is 1. The SMILES string of the molecule is Cc1ccccc1-c1nnc(SCC(=O)N2CCN(c3ccccc3F)CC2)o1. The monoisotopic (exact) mass is 412 g/mol. The van der Waals surface area contributed by atoms with Crippen LogP contribution in [0.15, 0.2) is 58.2 Å². The number of aromatic nitrogens is 2. The molecule has 4 rings (SSSR count). The molecular formula is C21H21FN4O2S. The van der Waals surface area contributed by atoms with Crippen molar-refractivity contribution in [2.45, 2.75) is 12.1 Å². The summed E-state index contributed by atoms with van der Waals surface area (Å²) in [6.07, 6.45) is 0. The Morgan fingerprint density at radius 1 is 1.07 bits per heavy atom. The lowest BCUT2D eigenvalue weighted by atomic mass is 10.1. The maximum absolute atomic E-state index is 13.9. The van der Waals surface area contributed by atoms with Crippen LogP contribution in [0.5, 0.6) is 0 Å². The first-order chi connectivity index (χ1) is 14.1. The number of thioether (sulfide) groups is 1. The fraction of sp³-hybridized carbons (Fsp3) is 0.286. The first kappa shape index (κ1) is 19.4. The zero-order valence-electron chi connectivity index (χ0n) is 16.0. The first-order valence-corrected chi connectivity index (χ1v) is 10.4. The Bertz CT molecular complexity index is 1000. The molecule has 1 aromatic heterocycles. The van der Waals surface area contributed by atoms with E-state index < -0.39 is 0 Å². The van der Waals surface area contributed by atoms with Gasteiger partial charge in [0.25, 0.3) is 5.22 Å². The zero-order chi connectivity index (χ0) is 20.2. The van der Waals surface area contributed by atoms with Gasteiger partial charge in [0.05, 0.1) is 11.4 Å². The number of para-hydroxylation sites is 1. The maximum atomic E-state index is 13.9. The fourth-order valence-corrected chi connectivity index (χ4v) is 3.98. The zero-order valence-corrected chi connectivity index (χ0v) is 16.9. The normalized spacial score (nSPS) is 14.3. The van der Waals surface area contributed by atoms with Crippen LogP contribution in [0.1, 0.15) is 5.56 Å². The molecule has 0 saturated carbocycles. The minimum absolute atomic E-state index is 0.0128. The summed E-state index contributed by atoms with van der Waals surface area (Å²) in [5.41, 5.74) is 2.53. The largest absolute Gasteiger partial charge is 0.411 e. The van der Waals surface area contributed by atoms with Gasteiger partial charge in [-0.2, -0.15) is 0 Å². The minimum Gasteiger partial charge on any atom is -0.411 e. The van der Waals surface area contributed by atoms with Gasteiger partial charge in [-0.05, 0) is 30.7 Å². The second-order valence-electron chi connectivity index (χ2n) is 6.80. The molecule has 1 amide bonds. The Morgan fingerprint density at radius 2 is 1.79 bits per heavy atom. The van der Waals surface area contributed by atoms with E-state index in [9.17, 15) is 9.18 Å². The van der Waals surface area contributed by atoms with Crippen molar-refractivity contribution in [3.63, 3.8) is 0 Å². The Balaban J connectivity index is 1.30. The average molecular weight is 412 g/mol. The lowest BCUT2D eigenvalue weighted by Crippen LogP contribution is -2.49. The lowest BCUT2D eigenvalue weighted by molar-refractivity contribution is -0.128. The van der Waals surface area contributed by atoms with Gasteiger partial charge in [0.1, 0.15) is 5.82 Å². The van der Waals surface area contributed by atoms with Crippen LogP contribution in [0, 0.1) is 12.7 Å². The molecule has 2 heterocycles. The molecule has 0 bridgehead atoms. The molecule has 1 aliphatic heterocycles. The number of benzene rings is 2. The Labute approximate surface area is 172 Å². The van der Waals surface area contributed by atoms with Gasteiger partial charge in [-0.25, -0.2) is 4.39 Å². The van der Waals surface area contributed by atoms with Gasteiger partial charge in [0.2, 0.25) is 11.8 Å². The van der Waals surface area contributed by atoms with Crippen LogP contribution in [-0.4, -0.2) is 52.9 Å². The molecule has 0 spiro atoms. The predicted molar refractivity (Wildman–Crippen MR) is 110 cm³/mol. The van der Waals surface area contributed by atoms with Crippen LogP contribution >= 0.6 is 11.8 Å². The van der Waals surface area contributed by atoms with Crippen molar-refractivity contribution in [2.75, 3.05) is 36.8 Å². The Kier molecular flexibility index (Phi) is 5.80. The van der Waals surface area contributed by atoms with Crippen molar-refractivity contribution < 1.29 is 13.6 Å². The molecule has 2 aromatic carbocycles. The van der Waals surface area contributed by atoms with Gasteiger partial charge in [0, 0.05) is 31.7 Å². The molecule has 29 heavy (non-hydrogen) atoms. The average Bonchev–Trinajstić information content (AvgIpc) is 3.22. The molecule has 0 N–H and O–H groups in total. The maximum Gasteiger partial charge on any atom is 0.277 e. The molecule has 0 atom stereocenters. The lowest BCUT2D eigenvalue weighted by Gasteiger charge is -2.36. The molecule has 1 aliphatic rings. The van der Waals surface area contributed by atoms with E-state index in [0.29, 0.717) is 43.0 Å². The highest BCUT2D eigenvalue weighted by Crippen LogP contribution is 2.26. The predicted octanol–water partition coefficient (Wildman–Crippen LogP) is 3.63. The molecule has 1 fully saturated rings. The number of hydrogen-bond acceptors (Lipinski definition) is 6. The summed E-state index contributed by atoms with van der Waals surface area (Å²) in [7, 11) is 0. The molecule has 0 radical (unpaired) electrons. The van der Waals surface area contributed by atoms with Crippen LogP contribution < -0.4 is 4.90 Å². The molecular weight excluding hydrogens is 391 g/mol. The highest BCUT2D eigenvalue weighted by Gasteiger charge is 2.23. The van der Waals surface area contributed by atoms with Crippen molar-refractivity contribution in [1.29, 1.82) is 0 Å². The fourth-order valence-electron chi connectivity index (χ4n) is 3.31. The van der Waals surface area contributed by atoms with E-state index in [1.54, 1.807) is 17.0 Å². The smallest absolute Gasteiger partial charge is 0.277 e. The van der Waals surface area contributed by atoms with E-state index in [1.807, 2.05) is 42.2 Å². The molecule has 6 nitrogen and oxygen atoms in total. The molecule has 1 saturated heterocycles. The first-order valence-electron chi connectivity index (χ1n) is 9.41. The number of nitrogens with zero attached hydrogens (tertiary/aromatic N) is 4. The third-order valence-corrected chi connectivity index (χ3v) is 5.73. The van der Waals surface area contributed by atoms with Crippen molar-refractivity contribution in [3.8, 4) is 11.5 Å². The van der Waals surface area contributed by atoms with Gasteiger partial charge in [-0.3, -0.25) is 4.79 Å². The summed E-state index contributed by atoms with van der Waals surface area (Å²) >= 11 is 1.24. The third kappa shape index (κ3) is 4.42. The number of carbonyl (C=O) groups is 1. The summed E-state index contributed by atoms with van der Waals surface area (Å²) in [5, 5.41) is 8.50. The Hall–Kier alpha value is -2.87. The number of rotatable bonds is 5. The van der Waals surface area contributed by atoms with Crippen LogP contribution in [0.3, 0.4) is 0 Å². The van der Waals surface area contributed by atoms with Crippen molar-refractivity contribution in [2.24, 2.45) is 0 Å². The summed E-state index contributed by atoms with van der Waals surface area (Å²) in [6.45, 7) is 4.32. The second-order valence-corrected chi connectivity index (χ2v) is 7.72. The molecule has 8 heteroatoms. The standard InChI is InChI=1S/C21H21FN4O2S/c1-15-6-2-3-7-16(15)20-23-24-21(28-20)29-14-19(27)26-12-10-25(11-13-26)18-9-5-4-8-17(18)22/h2-9H,10-14H2,1H3.